The molecular formula is C18H23N3O4S. The van der Waals surface area contributed by atoms with Gasteiger partial charge in [0, 0.05) is 38.1 Å². The number of hydrogen-bond donors (Lipinski definition) is 3. The van der Waals surface area contributed by atoms with E-state index in [1.165, 1.54) is 11.3 Å². The summed E-state index contributed by atoms with van der Waals surface area (Å²) in [5.74, 6) is -0.250. The Labute approximate surface area is 156 Å². The van der Waals surface area contributed by atoms with Crippen LogP contribution in [0.25, 0.3) is 0 Å². The molecule has 3 N–H and O–H groups in total. The molecular weight excluding hydrogens is 354 g/mol. The Kier molecular flexibility index (Phi) is 5.87. The highest BCUT2D eigenvalue weighted by atomic mass is 32.1. The third-order valence-electron chi connectivity index (χ3n) is 4.31. The van der Waals surface area contributed by atoms with Gasteiger partial charge < -0.3 is 25.2 Å². The van der Waals surface area contributed by atoms with Crippen LogP contribution in [0.15, 0.2) is 29.6 Å². The highest BCUT2D eigenvalue weighted by Gasteiger charge is 2.36. The van der Waals surface area contributed by atoms with E-state index < -0.39 is 12.2 Å². The summed E-state index contributed by atoms with van der Waals surface area (Å²) in [6.45, 7) is 0.182. The van der Waals surface area contributed by atoms with Gasteiger partial charge >= 0.3 is 0 Å². The zero-order valence-corrected chi connectivity index (χ0v) is 15.6. The van der Waals surface area contributed by atoms with Gasteiger partial charge in [-0.1, -0.05) is 12.1 Å². The van der Waals surface area contributed by atoms with Crippen LogP contribution < -0.4 is 10.2 Å². The Bertz CT molecular complexity index is 764. The zero-order valence-electron chi connectivity index (χ0n) is 14.8. The molecule has 0 aliphatic carbocycles. The fourth-order valence-electron chi connectivity index (χ4n) is 2.81. The lowest BCUT2D eigenvalue weighted by Gasteiger charge is -2.13. The molecule has 2 aromatic rings. The first-order chi connectivity index (χ1) is 12.5. The van der Waals surface area contributed by atoms with E-state index in [2.05, 4.69) is 10.3 Å². The van der Waals surface area contributed by atoms with E-state index in [4.69, 9.17) is 9.84 Å². The summed E-state index contributed by atoms with van der Waals surface area (Å²) in [4.78, 5) is 18.7. The van der Waals surface area contributed by atoms with Gasteiger partial charge in [-0.25, -0.2) is 4.98 Å². The number of carbonyl (C=O) groups excluding carboxylic acids is 1. The molecule has 7 nitrogen and oxygen atoms in total. The number of benzene rings is 1. The number of amides is 1. The van der Waals surface area contributed by atoms with Crippen LogP contribution in [-0.4, -0.2) is 54.0 Å². The first kappa shape index (κ1) is 18.8. The summed E-state index contributed by atoms with van der Waals surface area (Å²) in [6.07, 6.45) is -1.32. The van der Waals surface area contributed by atoms with Crippen molar-refractivity contribution in [3.63, 3.8) is 0 Å². The molecule has 0 spiro atoms. The van der Waals surface area contributed by atoms with Crippen LogP contribution in [0.4, 0.5) is 5.69 Å². The monoisotopic (exact) mass is 377 g/mol. The SMILES string of the molecule is CN(C)c1cccc(CNC(=O)c2csc([C@@H]3C[C@H](O)[C@@H](CO)O3)n2)c1. The maximum atomic E-state index is 12.3. The smallest absolute Gasteiger partial charge is 0.271 e. The lowest BCUT2D eigenvalue weighted by molar-refractivity contribution is -0.0226. The van der Waals surface area contributed by atoms with Gasteiger partial charge in [-0.05, 0) is 17.7 Å². The molecule has 1 aromatic heterocycles. The lowest BCUT2D eigenvalue weighted by Crippen LogP contribution is -2.24. The molecule has 1 fully saturated rings. The predicted molar refractivity (Wildman–Crippen MR) is 99.4 cm³/mol. The molecule has 0 unspecified atom stereocenters. The van der Waals surface area contributed by atoms with Crippen LogP contribution in [0.3, 0.4) is 0 Å². The van der Waals surface area contributed by atoms with Crippen molar-refractivity contribution in [2.45, 2.75) is 31.3 Å². The predicted octanol–water partition coefficient (Wildman–Crippen LogP) is 1.32. The highest BCUT2D eigenvalue weighted by molar-refractivity contribution is 7.09. The molecule has 3 rings (SSSR count). The second kappa shape index (κ2) is 8.13. The minimum atomic E-state index is -0.713. The number of hydrogen-bond acceptors (Lipinski definition) is 7. The van der Waals surface area contributed by atoms with Crippen molar-refractivity contribution in [2.24, 2.45) is 0 Å². The molecule has 1 aromatic carbocycles. The molecule has 0 saturated carbocycles. The first-order valence-corrected chi connectivity index (χ1v) is 9.30. The van der Waals surface area contributed by atoms with Gasteiger partial charge in [-0.2, -0.15) is 0 Å². The van der Waals surface area contributed by atoms with E-state index in [0.717, 1.165) is 11.3 Å². The average molecular weight is 377 g/mol. The van der Waals surface area contributed by atoms with Crippen molar-refractivity contribution in [3.05, 3.63) is 45.9 Å². The standard InChI is InChI=1S/C18H23N3O4S/c1-21(2)12-5-3-4-11(6-12)8-19-17(24)13-10-26-18(20-13)15-7-14(23)16(9-22)25-15/h3-6,10,14-16,22-23H,7-9H2,1-2H3,(H,19,24)/t14-,15-,16+/m0/s1. The summed E-state index contributed by atoms with van der Waals surface area (Å²) in [5.41, 5.74) is 2.41. The molecule has 26 heavy (non-hydrogen) atoms. The van der Waals surface area contributed by atoms with Crippen molar-refractivity contribution in [3.8, 4) is 0 Å². The number of anilines is 1. The number of nitrogens with one attached hydrogen (secondary N) is 1. The third-order valence-corrected chi connectivity index (χ3v) is 5.25. The van der Waals surface area contributed by atoms with Crippen molar-refractivity contribution in [1.82, 2.24) is 10.3 Å². The molecule has 1 aliphatic rings. The topological polar surface area (TPSA) is 94.9 Å². The number of aliphatic hydroxyl groups excluding tert-OH is 2. The number of aliphatic hydroxyl groups is 2. The maximum Gasteiger partial charge on any atom is 0.271 e. The number of ether oxygens (including phenoxy) is 1. The van der Waals surface area contributed by atoms with Crippen LogP contribution in [0, 0.1) is 0 Å². The third kappa shape index (κ3) is 4.21. The van der Waals surface area contributed by atoms with E-state index in [0.29, 0.717) is 23.7 Å². The van der Waals surface area contributed by atoms with Gasteiger partial charge in [-0.3, -0.25) is 4.79 Å². The normalized spacial score (nSPS) is 22.4. The van der Waals surface area contributed by atoms with Crippen LogP contribution in [0.2, 0.25) is 0 Å². The van der Waals surface area contributed by atoms with Gasteiger partial charge in [-0.15, -0.1) is 11.3 Å². The molecule has 0 radical (unpaired) electrons. The summed E-state index contributed by atoms with van der Waals surface area (Å²) in [7, 11) is 3.94. The number of aromatic nitrogens is 1. The van der Waals surface area contributed by atoms with E-state index in [-0.39, 0.29) is 18.6 Å². The van der Waals surface area contributed by atoms with Crippen molar-refractivity contribution in [2.75, 3.05) is 25.6 Å². The van der Waals surface area contributed by atoms with E-state index >= 15 is 0 Å². The zero-order chi connectivity index (χ0) is 18.7. The molecule has 2 heterocycles. The van der Waals surface area contributed by atoms with Gasteiger partial charge in [0.25, 0.3) is 5.91 Å². The molecule has 1 aliphatic heterocycles. The molecule has 3 atom stereocenters. The molecule has 8 heteroatoms. The van der Waals surface area contributed by atoms with E-state index in [1.54, 1.807) is 5.38 Å². The van der Waals surface area contributed by atoms with Crippen LogP contribution in [0.1, 0.15) is 33.6 Å². The first-order valence-electron chi connectivity index (χ1n) is 8.42. The summed E-state index contributed by atoms with van der Waals surface area (Å²) < 4.78 is 5.58. The Morgan fingerprint density at radius 3 is 2.96 bits per heavy atom. The molecule has 1 amide bonds. The quantitative estimate of drug-likeness (QED) is 0.703. The van der Waals surface area contributed by atoms with Gasteiger partial charge in [0.1, 0.15) is 22.9 Å². The van der Waals surface area contributed by atoms with E-state index in [9.17, 15) is 9.90 Å². The lowest BCUT2D eigenvalue weighted by atomic mass is 10.1. The Morgan fingerprint density at radius 2 is 2.27 bits per heavy atom. The average Bonchev–Trinajstić information content (AvgIpc) is 3.26. The maximum absolute atomic E-state index is 12.3. The fraction of sp³-hybridized carbons (Fsp3) is 0.444. The minimum absolute atomic E-state index is 0.234. The Hall–Kier alpha value is -2.00. The van der Waals surface area contributed by atoms with Gasteiger partial charge in [0.05, 0.1) is 12.7 Å². The van der Waals surface area contributed by atoms with E-state index in [1.807, 2.05) is 43.3 Å². The summed E-state index contributed by atoms with van der Waals surface area (Å²) in [6, 6.07) is 7.95. The van der Waals surface area contributed by atoms with Gasteiger partial charge in [0.2, 0.25) is 0 Å². The highest BCUT2D eigenvalue weighted by Crippen LogP contribution is 2.34. The van der Waals surface area contributed by atoms with Crippen molar-refractivity contribution < 1.29 is 19.7 Å². The Balaban J connectivity index is 1.59. The van der Waals surface area contributed by atoms with Gasteiger partial charge in [0.15, 0.2) is 0 Å². The molecule has 140 valence electrons. The second-order valence-electron chi connectivity index (χ2n) is 6.47. The molecule has 1 saturated heterocycles. The number of thiazole rings is 1. The van der Waals surface area contributed by atoms with Crippen molar-refractivity contribution in [1.29, 1.82) is 0 Å². The summed E-state index contributed by atoms with van der Waals surface area (Å²) in [5, 5.41) is 24.2. The van der Waals surface area contributed by atoms with Crippen LogP contribution >= 0.6 is 11.3 Å². The fourth-order valence-corrected chi connectivity index (χ4v) is 3.66. The number of carbonyl (C=O) groups is 1. The largest absolute Gasteiger partial charge is 0.394 e. The van der Waals surface area contributed by atoms with Crippen LogP contribution in [-0.2, 0) is 11.3 Å². The second-order valence-corrected chi connectivity index (χ2v) is 7.36. The summed E-state index contributed by atoms with van der Waals surface area (Å²) >= 11 is 1.32. The minimum Gasteiger partial charge on any atom is -0.394 e. The van der Waals surface area contributed by atoms with Crippen molar-refractivity contribution >= 4 is 22.9 Å². The van der Waals surface area contributed by atoms with Crippen LogP contribution in [0.5, 0.6) is 0 Å². The number of rotatable bonds is 6. The number of nitrogens with zero attached hydrogens (tertiary/aromatic N) is 2. The Morgan fingerprint density at radius 1 is 1.46 bits per heavy atom. The molecule has 0 bridgehead atoms.